The third-order valence-corrected chi connectivity index (χ3v) is 3.17. The second kappa shape index (κ2) is 5.46. The lowest BCUT2D eigenvalue weighted by molar-refractivity contribution is 0.0969. The number of nitrogens with zero attached hydrogens (tertiary/aromatic N) is 1. The fourth-order valence-electron chi connectivity index (χ4n) is 1.95. The SMILES string of the molecule is COc1ccc(C(C)(O)c2ccc(F)cn2)cc1OC. The highest BCUT2D eigenvalue weighted by Crippen LogP contribution is 2.34. The minimum atomic E-state index is -1.35. The summed E-state index contributed by atoms with van der Waals surface area (Å²) in [5.41, 5.74) is -0.423. The summed E-state index contributed by atoms with van der Waals surface area (Å²) in [6, 6.07) is 7.80. The number of hydrogen-bond acceptors (Lipinski definition) is 4. The third-order valence-electron chi connectivity index (χ3n) is 3.17. The van der Waals surface area contributed by atoms with E-state index < -0.39 is 11.4 Å². The highest BCUT2D eigenvalue weighted by Gasteiger charge is 2.28. The Morgan fingerprint density at radius 1 is 1.10 bits per heavy atom. The number of aliphatic hydroxyl groups is 1. The maximum atomic E-state index is 12.9. The molecule has 0 fully saturated rings. The first-order chi connectivity index (χ1) is 9.48. The molecule has 4 nitrogen and oxygen atoms in total. The lowest BCUT2D eigenvalue weighted by atomic mass is 9.91. The number of rotatable bonds is 4. The Kier molecular flexibility index (Phi) is 3.90. The predicted molar refractivity (Wildman–Crippen MR) is 72.4 cm³/mol. The van der Waals surface area contributed by atoms with Crippen LogP contribution >= 0.6 is 0 Å². The Morgan fingerprint density at radius 3 is 2.35 bits per heavy atom. The van der Waals surface area contributed by atoms with Gasteiger partial charge in [0.15, 0.2) is 11.5 Å². The van der Waals surface area contributed by atoms with Crippen molar-refractivity contribution < 1.29 is 19.0 Å². The molecular weight excluding hydrogens is 261 g/mol. The molecule has 1 N–H and O–H groups in total. The summed E-state index contributed by atoms with van der Waals surface area (Å²) in [5, 5.41) is 10.7. The number of pyridine rings is 1. The monoisotopic (exact) mass is 277 g/mol. The third kappa shape index (κ3) is 2.58. The zero-order valence-electron chi connectivity index (χ0n) is 11.6. The van der Waals surface area contributed by atoms with Gasteiger partial charge in [0.2, 0.25) is 0 Å². The van der Waals surface area contributed by atoms with Crippen LogP contribution in [0.3, 0.4) is 0 Å². The molecule has 1 aromatic heterocycles. The van der Waals surface area contributed by atoms with Gasteiger partial charge in [-0.15, -0.1) is 0 Å². The molecule has 0 radical (unpaired) electrons. The van der Waals surface area contributed by atoms with E-state index in [1.807, 2.05) is 0 Å². The lowest BCUT2D eigenvalue weighted by Crippen LogP contribution is -2.24. The van der Waals surface area contributed by atoms with Crippen LogP contribution in [0.2, 0.25) is 0 Å². The van der Waals surface area contributed by atoms with Crippen molar-refractivity contribution in [2.45, 2.75) is 12.5 Å². The molecule has 0 saturated carbocycles. The van der Waals surface area contributed by atoms with E-state index in [4.69, 9.17) is 9.47 Å². The summed E-state index contributed by atoms with van der Waals surface area (Å²) in [4.78, 5) is 3.93. The van der Waals surface area contributed by atoms with Crippen molar-refractivity contribution in [2.24, 2.45) is 0 Å². The van der Waals surface area contributed by atoms with Crippen molar-refractivity contribution >= 4 is 0 Å². The number of hydrogen-bond donors (Lipinski definition) is 1. The topological polar surface area (TPSA) is 51.6 Å². The average Bonchev–Trinajstić information content (AvgIpc) is 2.46. The summed E-state index contributed by atoms with van der Waals surface area (Å²) in [5.74, 6) is 0.628. The summed E-state index contributed by atoms with van der Waals surface area (Å²) >= 11 is 0. The van der Waals surface area contributed by atoms with E-state index in [9.17, 15) is 9.50 Å². The van der Waals surface area contributed by atoms with Crippen LogP contribution in [-0.2, 0) is 5.60 Å². The normalized spacial score (nSPS) is 13.7. The van der Waals surface area contributed by atoms with E-state index in [2.05, 4.69) is 4.98 Å². The van der Waals surface area contributed by atoms with Crippen molar-refractivity contribution in [3.8, 4) is 11.5 Å². The Bertz CT molecular complexity index is 597. The molecule has 2 rings (SSSR count). The number of methoxy groups -OCH3 is 2. The van der Waals surface area contributed by atoms with Crippen LogP contribution in [0.5, 0.6) is 11.5 Å². The smallest absolute Gasteiger partial charge is 0.161 e. The number of aromatic nitrogens is 1. The van der Waals surface area contributed by atoms with Gasteiger partial charge in [-0.1, -0.05) is 6.07 Å². The highest BCUT2D eigenvalue weighted by molar-refractivity contribution is 5.46. The van der Waals surface area contributed by atoms with Crippen LogP contribution < -0.4 is 9.47 Å². The van der Waals surface area contributed by atoms with Crippen molar-refractivity contribution in [2.75, 3.05) is 14.2 Å². The second-order valence-electron chi connectivity index (χ2n) is 4.50. The lowest BCUT2D eigenvalue weighted by Gasteiger charge is -2.24. The van der Waals surface area contributed by atoms with Crippen molar-refractivity contribution in [3.63, 3.8) is 0 Å². The summed E-state index contributed by atoms with van der Waals surface area (Å²) in [6.07, 6.45) is 1.07. The quantitative estimate of drug-likeness (QED) is 0.933. The van der Waals surface area contributed by atoms with Crippen molar-refractivity contribution in [1.82, 2.24) is 4.98 Å². The van der Waals surface area contributed by atoms with Crippen LogP contribution in [0.15, 0.2) is 36.5 Å². The van der Waals surface area contributed by atoms with Gasteiger partial charge >= 0.3 is 0 Å². The Hall–Kier alpha value is -2.14. The first-order valence-corrected chi connectivity index (χ1v) is 6.06. The van der Waals surface area contributed by atoms with Gasteiger partial charge in [0, 0.05) is 0 Å². The van der Waals surface area contributed by atoms with E-state index in [1.165, 1.54) is 26.4 Å². The van der Waals surface area contributed by atoms with Gasteiger partial charge in [-0.05, 0) is 36.8 Å². The molecule has 0 aliphatic heterocycles. The van der Waals surface area contributed by atoms with E-state index in [1.54, 1.807) is 25.1 Å². The fraction of sp³-hybridized carbons (Fsp3) is 0.267. The standard InChI is InChI=1S/C15H16FNO3/c1-15(18,14-7-5-11(16)9-17-14)10-4-6-12(19-2)13(8-10)20-3/h4-9,18H,1-3H3. The van der Waals surface area contributed by atoms with Crippen LogP contribution in [0.1, 0.15) is 18.2 Å². The molecule has 0 aliphatic rings. The minimum absolute atomic E-state index is 0.353. The van der Waals surface area contributed by atoms with Gasteiger partial charge in [-0.3, -0.25) is 4.98 Å². The van der Waals surface area contributed by atoms with Gasteiger partial charge in [-0.2, -0.15) is 0 Å². The largest absolute Gasteiger partial charge is 0.493 e. The second-order valence-corrected chi connectivity index (χ2v) is 4.50. The summed E-state index contributed by atoms with van der Waals surface area (Å²) in [7, 11) is 3.06. The van der Waals surface area contributed by atoms with Crippen LogP contribution in [-0.4, -0.2) is 24.3 Å². The molecule has 1 atom stereocenters. The fourth-order valence-corrected chi connectivity index (χ4v) is 1.95. The number of benzene rings is 1. The van der Waals surface area contributed by atoms with Crippen molar-refractivity contribution in [3.05, 3.63) is 53.6 Å². The van der Waals surface area contributed by atoms with Crippen LogP contribution in [0.4, 0.5) is 4.39 Å². The highest BCUT2D eigenvalue weighted by atomic mass is 19.1. The minimum Gasteiger partial charge on any atom is -0.493 e. The first kappa shape index (κ1) is 14.3. The van der Waals surface area contributed by atoms with Gasteiger partial charge in [-0.25, -0.2) is 4.39 Å². The van der Waals surface area contributed by atoms with E-state index >= 15 is 0 Å². The average molecular weight is 277 g/mol. The zero-order valence-corrected chi connectivity index (χ0v) is 11.6. The molecule has 0 spiro atoms. The Balaban J connectivity index is 2.45. The van der Waals surface area contributed by atoms with Gasteiger partial charge in [0.05, 0.1) is 26.1 Å². The molecule has 2 aromatic rings. The molecule has 0 saturated heterocycles. The van der Waals surface area contributed by atoms with Gasteiger partial charge in [0.25, 0.3) is 0 Å². The zero-order chi connectivity index (χ0) is 14.8. The van der Waals surface area contributed by atoms with Crippen LogP contribution in [0, 0.1) is 5.82 Å². The molecule has 1 aromatic carbocycles. The number of ether oxygens (including phenoxy) is 2. The van der Waals surface area contributed by atoms with Crippen molar-refractivity contribution in [1.29, 1.82) is 0 Å². The van der Waals surface area contributed by atoms with E-state index in [0.29, 0.717) is 22.8 Å². The Labute approximate surface area is 116 Å². The molecule has 0 aliphatic carbocycles. The van der Waals surface area contributed by atoms with Gasteiger partial charge in [0.1, 0.15) is 11.4 Å². The molecule has 5 heteroatoms. The summed E-state index contributed by atoms with van der Waals surface area (Å²) < 4.78 is 23.3. The molecule has 0 bridgehead atoms. The van der Waals surface area contributed by atoms with Crippen LogP contribution in [0.25, 0.3) is 0 Å². The number of halogens is 1. The molecule has 1 heterocycles. The molecular formula is C15H16FNO3. The molecule has 20 heavy (non-hydrogen) atoms. The van der Waals surface area contributed by atoms with E-state index in [-0.39, 0.29) is 0 Å². The van der Waals surface area contributed by atoms with E-state index in [0.717, 1.165) is 6.20 Å². The molecule has 0 amide bonds. The predicted octanol–water partition coefficient (Wildman–Crippen LogP) is 2.49. The Morgan fingerprint density at radius 2 is 1.80 bits per heavy atom. The summed E-state index contributed by atoms with van der Waals surface area (Å²) in [6.45, 7) is 1.59. The maximum Gasteiger partial charge on any atom is 0.161 e. The van der Waals surface area contributed by atoms with Gasteiger partial charge < -0.3 is 14.6 Å². The maximum absolute atomic E-state index is 12.9. The molecule has 106 valence electrons. The first-order valence-electron chi connectivity index (χ1n) is 6.06. The molecule has 1 unspecified atom stereocenters.